The molecule has 3 rings (SSSR count). The molecule has 1 heterocycles. The van der Waals surface area contributed by atoms with Gasteiger partial charge in [-0.3, -0.25) is 9.59 Å². The summed E-state index contributed by atoms with van der Waals surface area (Å²) in [7, 11) is 0. The van der Waals surface area contributed by atoms with E-state index in [1.54, 1.807) is 42.5 Å². The van der Waals surface area contributed by atoms with Crippen LogP contribution in [0, 0.1) is 0 Å². The van der Waals surface area contributed by atoms with Gasteiger partial charge in [-0.2, -0.15) is 0 Å². The number of benzene rings is 2. The molecule has 2 aromatic carbocycles. The van der Waals surface area contributed by atoms with Crippen molar-refractivity contribution in [3.05, 3.63) is 59.7 Å². The second-order valence-corrected chi connectivity index (χ2v) is 5.96. The van der Waals surface area contributed by atoms with E-state index in [0.29, 0.717) is 29.2 Å². The van der Waals surface area contributed by atoms with Crippen LogP contribution in [-0.4, -0.2) is 36.4 Å². The molecule has 0 spiro atoms. The Hall–Kier alpha value is -2.82. The molecule has 0 saturated carbocycles. The molecule has 0 atom stereocenters. The van der Waals surface area contributed by atoms with Crippen molar-refractivity contribution >= 4 is 17.5 Å². The van der Waals surface area contributed by atoms with Gasteiger partial charge >= 0.3 is 0 Å². The Kier molecular flexibility index (Phi) is 5.33. The number of hydrogen-bond donors (Lipinski definition) is 1. The third-order valence-corrected chi connectivity index (χ3v) is 4.19. The summed E-state index contributed by atoms with van der Waals surface area (Å²) in [6.07, 6.45) is 2.10. The fraction of sp³-hybridized carbons (Fsp3) is 0.300. The predicted molar refractivity (Wildman–Crippen MR) is 97.1 cm³/mol. The first-order valence-corrected chi connectivity index (χ1v) is 8.61. The lowest BCUT2D eigenvalue weighted by Crippen LogP contribution is -2.27. The summed E-state index contributed by atoms with van der Waals surface area (Å²) < 4.78 is 5.50. The number of likely N-dealkylation sites (tertiary alicyclic amines) is 1. The van der Waals surface area contributed by atoms with Gasteiger partial charge in [0.2, 0.25) is 0 Å². The molecule has 1 N–H and O–H groups in total. The van der Waals surface area contributed by atoms with Gasteiger partial charge in [-0.25, -0.2) is 0 Å². The van der Waals surface area contributed by atoms with Crippen molar-refractivity contribution in [3.63, 3.8) is 0 Å². The van der Waals surface area contributed by atoms with Gasteiger partial charge in [0.15, 0.2) is 0 Å². The van der Waals surface area contributed by atoms with E-state index in [1.165, 1.54) is 0 Å². The molecule has 0 aromatic heterocycles. The number of para-hydroxylation sites is 1. The number of carbonyl (C=O) groups is 2. The molecule has 1 saturated heterocycles. The van der Waals surface area contributed by atoms with Crippen LogP contribution < -0.4 is 10.1 Å². The molecule has 1 fully saturated rings. The quantitative estimate of drug-likeness (QED) is 0.906. The highest BCUT2D eigenvalue weighted by Crippen LogP contribution is 2.21. The van der Waals surface area contributed by atoms with Crippen molar-refractivity contribution in [1.82, 2.24) is 4.90 Å². The molecule has 1 aliphatic heterocycles. The van der Waals surface area contributed by atoms with Crippen molar-refractivity contribution in [2.75, 3.05) is 25.0 Å². The van der Waals surface area contributed by atoms with Crippen LogP contribution in [-0.2, 0) is 0 Å². The van der Waals surface area contributed by atoms with Gasteiger partial charge in [0.05, 0.1) is 12.2 Å². The molecule has 2 amide bonds. The zero-order chi connectivity index (χ0) is 17.6. The van der Waals surface area contributed by atoms with Gasteiger partial charge in [0.25, 0.3) is 11.8 Å². The Morgan fingerprint density at radius 1 is 1.08 bits per heavy atom. The zero-order valence-electron chi connectivity index (χ0n) is 14.3. The maximum atomic E-state index is 12.6. The van der Waals surface area contributed by atoms with Gasteiger partial charge in [-0.1, -0.05) is 18.2 Å². The Morgan fingerprint density at radius 2 is 1.84 bits per heavy atom. The molecule has 0 radical (unpaired) electrons. The van der Waals surface area contributed by atoms with E-state index in [9.17, 15) is 9.59 Å². The van der Waals surface area contributed by atoms with Crippen LogP contribution in [0.2, 0.25) is 0 Å². The van der Waals surface area contributed by atoms with Crippen LogP contribution in [0.3, 0.4) is 0 Å². The van der Waals surface area contributed by atoms with E-state index >= 15 is 0 Å². The summed E-state index contributed by atoms with van der Waals surface area (Å²) in [6, 6.07) is 14.2. The van der Waals surface area contributed by atoms with Gasteiger partial charge < -0.3 is 15.0 Å². The monoisotopic (exact) mass is 338 g/mol. The molecule has 1 aliphatic rings. The van der Waals surface area contributed by atoms with Crippen LogP contribution in [0.1, 0.15) is 40.5 Å². The maximum Gasteiger partial charge on any atom is 0.259 e. The Balaban J connectivity index is 1.76. The topological polar surface area (TPSA) is 58.6 Å². The lowest BCUT2D eigenvalue weighted by molar-refractivity contribution is 0.0792. The molecule has 2 aromatic rings. The summed E-state index contributed by atoms with van der Waals surface area (Å²) in [5.41, 5.74) is 1.67. The molecule has 0 unspecified atom stereocenters. The fourth-order valence-corrected chi connectivity index (χ4v) is 2.97. The molecular weight excluding hydrogens is 316 g/mol. The summed E-state index contributed by atoms with van der Waals surface area (Å²) in [5.74, 6) is 0.310. The fourth-order valence-electron chi connectivity index (χ4n) is 2.97. The van der Waals surface area contributed by atoms with Crippen molar-refractivity contribution in [3.8, 4) is 5.75 Å². The smallest absolute Gasteiger partial charge is 0.259 e. The molecule has 25 heavy (non-hydrogen) atoms. The first kappa shape index (κ1) is 17.0. The van der Waals surface area contributed by atoms with Crippen LogP contribution in [0.15, 0.2) is 48.5 Å². The summed E-state index contributed by atoms with van der Waals surface area (Å²) >= 11 is 0. The molecule has 0 aliphatic carbocycles. The van der Waals surface area contributed by atoms with E-state index in [4.69, 9.17) is 4.74 Å². The molecular formula is C20H22N2O3. The van der Waals surface area contributed by atoms with E-state index in [0.717, 1.165) is 25.9 Å². The summed E-state index contributed by atoms with van der Waals surface area (Å²) in [5, 5.41) is 2.85. The number of carbonyl (C=O) groups excluding carboxylic acids is 2. The van der Waals surface area contributed by atoms with Crippen molar-refractivity contribution in [1.29, 1.82) is 0 Å². The number of amides is 2. The van der Waals surface area contributed by atoms with Crippen LogP contribution >= 0.6 is 0 Å². The predicted octanol–water partition coefficient (Wildman–Crippen LogP) is 3.57. The van der Waals surface area contributed by atoms with Gasteiger partial charge in [-0.05, 0) is 50.1 Å². The van der Waals surface area contributed by atoms with Crippen LogP contribution in [0.4, 0.5) is 5.69 Å². The highest BCUT2D eigenvalue weighted by molar-refractivity contribution is 6.06. The SMILES string of the molecule is CCOc1ccccc1C(=O)Nc1cccc(C(=O)N2CCCC2)c1. The standard InChI is InChI=1S/C20H22N2O3/c1-2-25-18-11-4-3-10-17(18)19(23)21-16-9-7-8-15(14-16)20(24)22-12-5-6-13-22/h3-4,7-11,14H,2,5-6,12-13H2,1H3,(H,21,23). The van der Waals surface area contributed by atoms with E-state index in [-0.39, 0.29) is 11.8 Å². The van der Waals surface area contributed by atoms with E-state index < -0.39 is 0 Å². The maximum absolute atomic E-state index is 12.6. The molecule has 0 bridgehead atoms. The second kappa shape index (κ2) is 7.83. The number of nitrogens with one attached hydrogen (secondary N) is 1. The Bertz CT molecular complexity index is 767. The highest BCUT2D eigenvalue weighted by Gasteiger charge is 2.20. The zero-order valence-corrected chi connectivity index (χ0v) is 14.3. The molecule has 5 nitrogen and oxygen atoms in total. The highest BCUT2D eigenvalue weighted by atomic mass is 16.5. The first-order valence-electron chi connectivity index (χ1n) is 8.61. The van der Waals surface area contributed by atoms with Gasteiger partial charge in [-0.15, -0.1) is 0 Å². The van der Waals surface area contributed by atoms with Crippen LogP contribution in [0.25, 0.3) is 0 Å². The molecule has 130 valence electrons. The lowest BCUT2D eigenvalue weighted by Gasteiger charge is -2.16. The third kappa shape index (κ3) is 3.99. The summed E-state index contributed by atoms with van der Waals surface area (Å²) in [4.78, 5) is 26.9. The number of ether oxygens (including phenoxy) is 1. The van der Waals surface area contributed by atoms with E-state index in [1.807, 2.05) is 17.9 Å². The third-order valence-electron chi connectivity index (χ3n) is 4.19. The minimum absolute atomic E-state index is 0.0170. The Morgan fingerprint density at radius 3 is 2.60 bits per heavy atom. The molecule has 5 heteroatoms. The Labute approximate surface area is 147 Å². The number of rotatable bonds is 5. The van der Waals surface area contributed by atoms with Gasteiger partial charge in [0.1, 0.15) is 5.75 Å². The number of hydrogen-bond acceptors (Lipinski definition) is 3. The van der Waals surface area contributed by atoms with Crippen molar-refractivity contribution in [2.45, 2.75) is 19.8 Å². The van der Waals surface area contributed by atoms with E-state index in [2.05, 4.69) is 5.32 Å². The van der Waals surface area contributed by atoms with Crippen LogP contribution in [0.5, 0.6) is 5.75 Å². The van der Waals surface area contributed by atoms with Crippen molar-refractivity contribution in [2.24, 2.45) is 0 Å². The minimum atomic E-state index is -0.255. The minimum Gasteiger partial charge on any atom is -0.493 e. The average molecular weight is 338 g/mol. The van der Waals surface area contributed by atoms with Crippen molar-refractivity contribution < 1.29 is 14.3 Å². The largest absolute Gasteiger partial charge is 0.493 e. The average Bonchev–Trinajstić information content (AvgIpc) is 3.16. The summed E-state index contributed by atoms with van der Waals surface area (Å²) in [6.45, 7) is 3.97. The normalized spacial score (nSPS) is 13.6. The number of nitrogens with zero attached hydrogens (tertiary/aromatic N) is 1. The first-order chi connectivity index (χ1) is 12.2. The lowest BCUT2D eigenvalue weighted by atomic mass is 10.1. The van der Waals surface area contributed by atoms with Gasteiger partial charge in [0, 0.05) is 24.3 Å². The second-order valence-electron chi connectivity index (χ2n) is 5.96. The number of anilines is 1.